The van der Waals surface area contributed by atoms with E-state index < -0.39 is 0 Å². The first-order valence-corrected chi connectivity index (χ1v) is 7.07. The van der Waals surface area contributed by atoms with Gasteiger partial charge in [0.25, 0.3) is 0 Å². The van der Waals surface area contributed by atoms with E-state index in [4.69, 9.17) is 4.74 Å². The van der Waals surface area contributed by atoms with Gasteiger partial charge in [0.2, 0.25) is 0 Å². The molecule has 0 heterocycles. The van der Waals surface area contributed by atoms with E-state index in [9.17, 15) is 4.79 Å². The Balaban J connectivity index is 2.21. The van der Waals surface area contributed by atoms with Gasteiger partial charge in [0.15, 0.2) is 0 Å². The Labute approximate surface area is 116 Å². The number of nitrogens with one attached hydrogen (secondary N) is 1. The normalized spacial score (nSPS) is 13.8. The monoisotopic (exact) mass is 263 g/mol. The molecule has 0 amide bonds. The highest BCUT2D eigenvalue weighted by atomic mass is 16.5. The molecule has 0 aliphatic rings. The van der Waals surface area contributed by atoms with Crippen LogP contribution < -0.4 is 5.32 Å². The van der Waals surface area contributed by atoms with Crippen molar-refractivity contribution < 1.29 is 9.53 Å². The van der Waals surface area contributed by atoms with E-state index >= 15 is 0 Å². The smallest absolute Gasteiger partial charge is 0.309 e. The third kappa shape index (κ3) is 6.39. The predicted octanol–water partition coefficient (Wildman–Crippen LogP) is 2.80. The molecule has 19 heavy (non-hydrogen) atoms. The fourth-order valence-electron chi connectivity index (χ4n) is 1.88. The van der Waals surface area contributed by atoms with Crippen LogP contribution in [0.2, 0.25) is 0 Å². The second kappa shape index (κ2) is 8.70. The minimum Gasteiger partial charge on any atom is -0.466 e. The van der Waals surface area contributed by atoms with Gasteiger partial charge < -0.3 is 10.1 Å². The van der Waals surface area contributed by atoms with Gasteiger partial charge in [-0.2, -0.15) is 0 Å². The van der Waals surface area contributed by atoms with Crippen molar-refractivity contribution in [1.29, 1.82) is 0 Å². The number of hydrogen-bond donors (Lipinski definition) is 1. The summed E-state index contributed by atoms with van der Waals surface area (Å²) in [6.45, 7) is 7.01. The number of ether oxygens (including phenoxy) is 1. The van der Waals surface area contributed by atoms with Crippen molar-refractivity contribution >= 4 is 5.97 Å². The molecule has 0 aromatic heterocycles. The number of carbonyl (C=O) groups is 1. The Morgan fingerprint density at radius 3 is 2.58 bits per heavy atom. The van der Waals surface area contributed by atoms with Gasteiger partial charge >= 0.3 is 5.97 Å². The lowest BCUT2D eigenvalue weighted by molar-refractivity contribution is -0.147. The molecule has 2 unspecified atom stereocenters. The van der Waals surface area contributed by atoms with E-state index in [0.717, 1.165) is 12.8 Å². The van der Waals surface area contributed by atoms with Crippen LogP contribution in [-0.2, 0) is 16.0 Å². The summed E-state index contributed by atoms with van der Waals surface area (Å²) in [4.78, 5) is 11.5. The Bertz CT molecular complexity index is 364. The summed E-state index contributed by atoms with van der Waals surface area (Å²) in [6.07, 6.45) is 2.13. The molecule has 1 N–H and O–H groups in total. The summed E-state index contributed by atoms with van der Waals surface area (Å²) >= 11 is 0. The van der Waals surface area contributed by atoms with Crippen molar-refractivity contribution in [2.24, 2.45) is 5.92 Å². The Morgan fingerprint density at radius 1 is 1.26 bits per heavy atom. The highest BCUT2D eigenvalue weighted by Crippen LogP contribution is 2.05. The quantitative estimate of drug-likeness (QED) is 0.733. The lowest BCUT2D eigenvalue weighted by Gasteiger charge is -2.17. The SMILES string of the molecule is CCOC(=O)C(C)CNC(C)CCc1ccccc1. The van der Waals surface area contributed by atoms with Crippen LogP contribution >= 0.6 is 0 Å². The average Bonchev–Trinajstić information content (AvgIpc) is 2.43. The highest BCUT2D eigenvalue weighted by Gasteiger charge is 2.14. The number of carbonyl (C=O) groups excluding carboxylic acids is 1. The zero-order valence-corrected chi connectivity index (χ0v) is 12.2. The molecule has 1 aromatic carbocycles. The first kappa shape index (κ1) is 15.7. The molecule has 0 bridgehead atoms. The molecule has 1 rings (SSSR count). The summed E-state index contributed by atoms with van der Waals surface area (Å²) in [5.41, 5.74) is 1.36. The Hall–Kier alpha value is -1.35. The summed E-state index contributed by atoms with van der Waals surface area (Å²) < 4.78 is 4.99. The number of rotatable bonds is 8. The molecule has 0 saturated carbocycles. The maximum Gasteiger partial charge on any atom is 0.309 e. The first-order chi connectivity index (χ1) is 9.13. The zero-order valence-electron chi connectivity index (χ0n) is 12.2. The van der Waals surface area contributed by atoms with Gasteiger partial charge in [-0.05, 0) is 32.3 Å². The van der Waals surface area contributed by atoms with Crippen molar-refractivity contribution in [3.63, 3.8) is 0 Å². The fourth-order valence-corrected chi connectivity index (χ4v) is 1.88. The number of hydrogen-bond acceptors (Lipinski definition) is 3. The van der Waals surface area contributed by atoms with Crippen LogP contribution in [0.1, 0.15) is 32.8 Å². The van der Waals surface area contributed by atoms with Crippen LogP contribution in [0.5, 0.6) is 0 Å². The first-order valence-electron chi connectivity index (χ1n) is 7.07. The predicted molar refractivity (Wildman–Crippen MR) is 78.0 cm³/mol. The van der Waals surface area contributed by atoms with Gasteiger partial charge in [-0.15, -0.1) is 0 Å². The van der Waals surface area contributed by atoms with Gasteiger partial charge in [0.05, 0.1) is 12.5 Å². The van der Waals surface area contributed by atoms with Gasteiger partial charge in [-0.3, -0.25) is 4.79 Å². The van der Waals surface area contributed by atoms with Crippen molar-refractivity contribution in [3.8, 4) is 0 Å². The number of aryl methyl sites for hydroxylation is 1. The van der Waals surface area contributed by atoms with Crippen molar-refractivity contribution in [2.45, 2.75) is 39.7 Å². The van der Waals surface area contributed by atoms with Crippen molar-refractivity contribution in [1.82, 2.24) is 5.32 Å². The third-order valence-corrected chi connectivity index (χ3v) is 3.17. The zero-order chi connectivity index (χ0) is 14.1. The van der Waals surface area contributed by atoms with Crippen LogP contribution in [0.25, 0.3) is 0 Å². The standard InChI is InChI=1S/C16H25NO2/c1-4-19-16(18)13(2)12-17-14(3)10-11-15-8-6-5-7-9-15/h5-9,13-14,17H,4,10-12H2,1-3H3. The molecule has 0 saturated heterocycles. The molecular formula is C16H25NO2. The molecule has 3 heteroatoms. The van der Waals surface area contributed by atoms with Crippen molar-refractivity contribution in [2.75, 3.05) is 13.2 Å². The van der Waals surface area contributed by atoms with E-state index in [-0.39, 0.29) is 11.9 Å². The average molecular weight is 263 g/mol. The molecule has 0 aliphatic heterocycles. The Morgan fingerprint density at radius 2 is 1.95 bits per heavy atom. The summed E-state index contributed by atoms with van der Waals surface area (Å²) in [5.74, 6) is -0.204. The number of benzene rings is 1. The molecule has 0 radical (unpaired) electrons. The van der Waals surface area contributed by atoms with E-state index in [1.54, 1.807) is 0 Å². The molecule has 1 aromatic rings. The van der Waals surface area contributed by atoms with Crippen molar-refractivity contribution in [3.05, 3.63) is 35.9 Å². The fraction of sp³-hybridized carbons (Fsp3) is 0.562. The summed E-state index contributed by atoms with van der Waals surface area (Å²) in [5, 5.41) is 3.39. The lowest BCUT2D eigenvalue weighted by Crippen LogP contribution is -2.34. The van der Waals surface area contributed by atoms with Crippen LogP contribution in [-0.4, -0.2) is 25.2 Å². The van der Waals surface area contributed by atoms with Crippen LogP contribution in [0.3, 0.4) is 0 Å². The molecule has 3 nitrogen and oxygen atoms in total. The molecule has 2 atom stereocenters. The van der Waals surface area contributed by atoms with E-state index in [0.29, 0.717) is 19.2 Å². The van der Waals surface area contributed by atoms with Gasteiger partial charge in [0, 0.05) is 12.6 Å². The Kier molecular flexibility index (Phi) is 7.19. The molecule has 0 aliphatic carbocycles. The van der Waals surface area contributed by atoms with Gasteiger partial charge in [-0.25, -0.2) is 0 Å². The number of esters is 1. The molecule has 106 valence electrons. The van der Waals surface area contributed by atoms with Gasteiger partial charge in [-0.1, -0.05) is 37.3 Å². The van der Waals surface area contributed by atoms with Gasteiger partial charge in [0.1, 0.15) is 0 Å². The highest BCUT2D eigenvalue weighted by molar-refractivity contribution is 5.72. The minimum absolute atomic E-state index is 0.0841. The van der Waals surface area contributed by atoms with E-state index in [2.05, 4.69) is 36.5 Å². The maximum absolute atomic E-state index is 11.5. The lowest BCUT2D eigenvalue weighted by atomic mass is 10.1. The third-order valence-electron chi connectivity index (χ3n) is 3.17. The summed E-state index contributed by atoms with van der Waals surface area (Å²) in [7, 11) is 0. The molecule has 0 fully saturated rings. The van der Waals surface area contributed by atoms with Crippen LogP contribution in [0, 0.1) is 5.92 Å². The van der Waals surface area contributed by atoms with E-state index in [1.807, 2.05) is 19.9 Å². The molecule has 0 spiro atoms. The largest absolute Gasteiger partial charge is 0.466 e. The molecular weight excluding hydrogens is 238 g/mol. The van der Waals surface area contributed by atoms with Crippen LogP contribution in [0.4, 0.5) is 0 Å². The summed E-state index contributed by atoms with van der Waals surface area (Å²) in [6, 6.07) is 10.9. The van der Waals surface area contributed by atoms with Crippen LogP contribution in [0.15, 0.2) is 30.3 Å². The minimum atomic E-state index is -0.120. The second-order valence-electron chi connectivity index (χ2n) is 4.99. The maximum atomic E-state index is 11.5. The topological polar surface area (TPSA) is 38.3 Å². The van der Waals surface area contributed by atoms with E-state index in [1.165, 1.54) is 5.56 Å². The second-order valence-corrected chi connectivity index (χ2v) is 4.99.